The zero-order valence-electron chi connectivity index (χ0n) is 19.0. The van der Waals surface area contributed by atoms with Gasteiger partial charge in [-0.2, -0.15) is 0 Å². The Morgan fingerprint density at radius 3 is 1.94 bits per heavy atom. The summed E-state index contributed by atoms with van der Waals surface area (Å²) in [7, 11) is 0. The van der Waals surface area contributed by atoms with E-state index in [1.807, 2.05) is 0 Å². The van der Waals surface area contributed by atoms with Gasteiger partial charge in [-0.05, 0) is 0 Å². The van der Waals surface area contributed by atoms with Crippen molar-refractivity contribution in [1.82, 2.24) is 0 Å². The second-order valence-corrected chi connectivity index (χ2v) is 8.03. The predicted octanol–water partition coefficient (Wildman–Crippen LogP) is -2.07. The number of hydrogen-bond acceptors (Lipinski definition) is 14. The molecule has 0 aromatic heterocycles. The fourth-order valence-electron chi connectivity index (χ4n) is 3.99. The fourth-order valence-corrected chi connectivity index (χ4v) is 3.99. The van der Waals surface area contributed by atoms with Crippen LogP contribution in [0.4, 0.5) is 0 Å². The van der Waals surface area contributed by atoms with Crippen molar-refractivity contribution in [2.45, 2.75) is 89.1 Å². The van der Waals surface area contributed by atoms with E-state index in [1.54, 1.807) is 0 Å². The van der Waals surface area contributed by atoms with Gasteiger partial charge in [0.2, 0.25) is 0 Å². The van der Waals surface area contributed by atoms with Gasteiger partial charge in [0, 0.05) is 27.7 Å². The van der Waals surface area contributed by atoms with Gasteiger partial charge in [0.05, 0.1) is 6.61 Å². The maximum Gasteiger partial charge on any atom is 0.303 e. The number of aliphatic hydroxyl groups is 2. The van der Waals surface area contributed by atoms with Gasteiger partial charge in [-0.15, -0.1) is 0 Å². The molecule has 0 amide bonds. The molecule has 14 nitrogen and oxygen atoms in total. The van der Waals surface area contributed by atoms with E-state index in [2.05, 4.69) is 0 Å². The molecule has 0 radical (unpaired) electrons. The minimum atomic E-state index is -1.52. The first kappa shape index (κ1) is 26.2. The van der Waals surface area contributed by atoms with Crippen LogP contribution in [0.5, 0.6) is 0 Å². The molecule has 0 saturated carbocycles. The highest BCUT2D eigenvalue weighted by atomic mass is 16.8. The molecule has 3 saturated heterocycles. The van der Waals surface area contributed by atoms with E-state index in [0.717, 1.165) is 27.7 Å². The zero-order chi connectivity index (χ0) is 25.2. The molecule has 3 heterocycles. The van der Waals surface area contributed by atoms with Crippen molar-refractivity contribution in [2.75, 3.05) is 13.2 Å². The third-order valence-electron chi connectivity index (χ3n) is 5.30. The van der Waals surface area contributed by atoms with E-state index >= 15 is 0 Å². The van der Waals surface area contributed by atoms with E-state index < -0.39 is 91.9 Å². The predicted molar refractivity (Wildman–Crippen MR) is 103 cm³/mol. The van der Waals surface area contributed by atoms with Gasteiger partial charge in [-0.3, -0.25) is 19.2 Å². The van der Waals surface area contributed by atoms with Crippen molar-refractivity contribution in [2.24, 2.45) is 0 Å². The Kier molecular flexibility index (Phi) is 8.43. The molecule has 192 valence electrons. The maximum atomic E-state index is 11.9. The molecule has 0 aliphatic carbocycles. The summed E-state index contributed by atoms with van der Waals surface area (Å²) in [5.74, 6) is -3.03. The summed E-state index contributed by atoms with van der Waals surface area (Å²) in [5.41, 5.74) is 0. The highest BCUT2D eigenvalue weighted by Crippen LogP contribution is 2.35. The first-order chi connectivity index (χ1) is 16.0. The van der Waals surface area contributed by atoms with Crippen LogP contribution in [-0.2, 0) is 57.1 Å². The SMILES string of the molecule is CC(=O)OCC1O[C@@H](O[C@H]2C3CO[C@H](O3)C(O)C2O)C(OC(C)=O)C(OC(C)=O)[C@@H]1OC(C)=O. The molecular formula is C20H28O14. The smallest absolute Gasteiger partial charge is 0.303 e. The second-order valence-electron chi connectivity index (χ2n) is 8.03. The Bertz CT molecular complexity index is 785. The van der Waals surface area contributed by atoms with Crippen LogP contribution >= 0.6 is 0 Å². The first-order valence-electron chi connectivity index (χ1n) is 10.6. The first-order valence-corrected chi connectivity index (χ1v) is 10.6. The van der Waals surface area contributed by atoms with Gasteiger partial charge in [-0.25, -0.2) is 0 Å². The average molecular weight is 492 g/mol. The Hall–Kier alpha value is -2.36. The molecular weight excluding hydrogens is 464 g/mol. The molecule has 0 aromatic rings. The van der Waals surface area contributed by atoms with Crippen molar-refractivity contribution in [3.63, 3.8) is 0 Å². The fraction of sp³-hybridized carbons (Fsp3) is 0.800. The standard InChI is InChI=1S/C20H28O14/c1-7(21)27-5-12-16(29-8(2)22)17(30-9(3)23)18(31-10(4)24)20(33-12)34-15-11-6-28-19(32-11)14(26)13(15)25/h11-20,25-26H,5-6H2,1-4H3/t11?,12?,13?,14?,15-,16+,17?,18?,19+,20-/m0/s1. The number of ether oxygens (including phenoxy) is 8. The largest absolute Gasteiger partial charge is 0.463 e. The molecule has 6 unspecified atom stereocenters. The number of esters is 4. The quantitative estimate of drug-likeness (QED) is 0.292. The molecule has 0 aromatic carbocycles. The van der Waals surface area contributed by atoms with E-state index in [4.69, 9.17) is 37.9 Å². The molecule has 0 spiro atoms. The molecule has 34 heavy (non-hydrogen) atoms. The number of rotatable bonds is 7. The van der Waals surface area contributed by atoms with E-state index in [9.17, 15) is 29.4 Å². The average Bonchev–Trinajstić information content (AvgIpc) is 3.18. The number of hydrogen-bond donors (Lipinski definition) is 2. The normalized spacial score (nSPS) is 39.1. The Morgan fingerprint density at radius 2 is 1.35 bits per heavy atom. The minimum absolute atomic E-state index is 0.00523. The number of aliphatic hydroxyl groups excluding tert-OH is 2. The van der Waals surface area contributed by atoms with Gasteiger partial charge in [0.25, 0.3) is 0 Å². The number of carbonyl (C=O) groups is 4. The van der Waals surface area contributed by atoms with E-state index in [1.165, 1.54) is 0 Å². The van der Waals surface area contributed by atoms with Crippen LogP contribution in [0.2, 0.25) is 0 Å². The lowest BCUT2D eigenvalue weighted by atomic mass is 9.97. The molecule has 10 atom stereocenters. The van der Waals surface area contributed by atoms with E-state index in [-0.39, 0.29) is 6.61 Å². The molecule has 3 fully saturated rings. The van der Waals surface area contributed by atoms with Gasteiger partial charge in [-0.1, -0.05) is 0 Å². The Morgan fingerprint density at radius 1 is 0.765 bits per heavy atom. The molecule has 14 heteroatoms. The number of fused-ring (bicyclic) bond motifs is 2. The summed E-state index contributed by atoms with van der Waals surface area (Å²) in [4.78, 5) is 46.9. The van der Waals surface area contributed by atoms with E-state index in [0.29, 0.717) is 0 Å². The van der Waals surface area contributed by atoms with Gasteiger partial charge < -0.3 is 48.1 Å². The summed E-state index contributed by atoms with van der Waals surface area (Å²) in [5, 5.41) is 20.7. The maximum absolute atomic E-state index is 11.9. The highest BCUT2D eigenvalue weighted by molar-refractivity contribution is 5.68. The van der Waals surface area contributed by atoms with Crippen molar-refractivity contribution < 1.29 is 67.3 Å². The molecule has 2 bridgehead atoms. The summed E-state index contributed by atoms with van der Waals surface area (Å²) in [6.45, 7) is 3.99. The van der Waals surface area contributed by atoms with Gasteiger partial charge >= 0.3 is 23.9 Å². The van der Waals surface area contributed by atoms with Crippen LogP contribution in [0.25, 0.3) is 0 Å². The summed E-state index contributed by atoms with van der Waals surface area (Å²) >= 11 is 0. The Labute approximate surface area is 194 Å². The molecule has 2 N–H and O–H groups in total. The molecule has 3 rings (SSSR count). The van der Waals surface area contributed by atoms with Crippen LogP contribution < -0.4 is 0 Å². The Balaban J connectivity index is 1.94. The van der Waals surface area contributed by atoms with Crippen molar-refractivity contribution in [3.05, 3.63) is 0 Å². The summed E-state index contributed by atoms with van der Waals surface area (Å²) < 4.78 is 43.3. The van der Waals surface area contributed by atoms with Crippen molar-refractivity contribution in [3.8, 4) is 0 Å². The van der Waals surface area contributed by atoms with Crippen LogP contribution in [0, 0.1) is 0 Å². The zero-order valence-corrected chi connectivity index (χ0v) is 19.0. The third kappa shape index (κ3) is 6.00. The monoisotopic (exact) mass is 492 g/mol. The molecule has 3 aliphatic heterocycles. The van der Waals surface area contributed by atoms with Crippen LogP contribution in [0.3, 0.4) is 0 Å². The lowest BCUT2D eigenvalue weighted by Gasteiger charge is -2.46. The lowest BCUT2D eigenvalue weighted by molar-refractivity contribution is -0.340. The lowest BCUT2D eigenvalue weighted by Crippen LogP contribution is -2.65. The minimum Gasteiger partial charge on any atom is -0.463 e. The van der Waals surface area contributed by atoms with Crippen LogP contribution in [0.15, 0.2) is 0 Å². The van der Waals surface area contributed by atoms with Crippen molar-refractivity contribution in [1.29, 1.82) is 0 Å². The van der Waals surface area contributed by atoms with Gasteiger partial charge in [0.15, 0.2) is 30.9 Å². The van der Waals surface area contributed by atoms with Gasteiger partial charge in [0.1, 0.15) is 37.1 Å². The van der Waals surface area contributed by atoms with Crippen LogP contribution in [0.1, 0.15) is 27.7 Å². The van der Waals surface area contributed by atoms with Crippen LogP contribution in [-0.4, -0.2) is 109 Å². The molecule has 3 aliphatic rings. The highest BCUT2D eigenvalue weighted by Gasteiger charge is 2.56. The topological polar surface area (TPSA) is 183 Å². The summed E-state index contributed by atoms with van der Waals surface area (Å²) in [6.07, 6.45) is -12.9. The van der Waals surface area contributed by atoms with Crippen molar-refractivity contribution >= 4 is 23.9 Å². The summed E-state index contributed by atoms with van der Waals surface area (Å²) in [6, 6.07) is 0. The second kappa shape index (κ2) is 10.9. The third-order valence-corrected chi connectivity index (χ3v) is 5.30. The number of carbonyl (C=O) groups excluding carboxylic acids is 4.